The molecule has 164 valence electrons. The first kappa shape index (κ1) is 23.3. The van der Waals surface area contributed by atoms with Crippen LogP contribution >= 0.6 is 23.4 Å². The van der Waals surface area contributed by atoms with Crippen molar-refractivity contribution < 1.29 is 4.79 Å². The summed E-state index contributed by atoms with van der Waals surface area (Å²) in [6, 6.07) is 17.4. The van der Waals surface area contributed by atoms with Crippen LogP contribution in [0.3, 0.4) is 0 Å². The highest BCUT2D eigenvalue weighted by Crippen LogP contribution is 2.28. The van der Waals surface area contributed by atoms with E-state index < -0.39 is 0 Å². The molecule has 0 unspecified atom stereocenters. The van der Waals surface area contributed by atoms with E-state index in [1.165, 1.54) is 11.8 Å². The van der Waals surface area contributed by atoms with Crippen LogP contribution in [0.4, 0.5) is 5.69 Å². The van der Waals surface area contributed by atoms with Crippen molar-refractivity contribution in [2.75, 3.05) is 24.7 Å². The van der Waals surface area contributed by atoms with E-state index in [0.717, 1.165) is 17.2 Å². The molecule has 0 aliphatic heterocycles. The summed E-state index contributed by atoms with van der Waals surface area (Å²) in [5.41, 5.74) is 1.81. The second-order valence-electron chi connectivity index (χ2n) is 7.77. The topological polar surface area (TPSA) is 54.3 Å². The van der Waals surface area contributed by atoms with Gasteiger partial charge in [0, 0.05) is 22.4 Å². The minimum Gasteiger partial charge on any atom is -0.309 e. The van der Waals surface area contributed by atoms with Gasteiger partial charge in [-0.3, -0.25) is 14.3 Å². The molecule has 2 aromatic carbocycles. The predicted octanol–water partition coefficient (Wildman–Crippen LogP) is 5.08. The second kappa shape index (κ2) is 10.3. The third-order valence-electron chi connectivity index (χ3n) is 5.04. The van der Waals surface area contributed by atoms with Gasteiger partial charge in [0.05, 0.1) is 11.8 Å². The van der Waals surface area contributed by atoms with Crippen LogP contribution in [-0.4, -0.2) is 51.5 Å². The summed E-state index contributed by atoms with van der Waals surface area (Å²) in [7, 11) is 4.00. The lowest BCUT2D eigenvalue weighted by Crippen LogP contribution is -2.38. The molecule has 0 aliphatic carbocycles. The summed E-state index contributed by atoms with van der Waals surface area (Å²) in [5, 5.41) is 10.2. The molecule has 0 saturated heterocycles. The highest BCUT2D eigenvalue weighted by atomic mass is 35.5. The normalized spacial score (nSPS) is 12.4. The number of benzene rings is 2. The third-order valence-corrected chi connectivity index (χ3v) is 6.20. The van der Waals surface area contributed by atoms with Crippen LogP contribution in [0.2, 0.25) is 5.02 Å². The fourth-order valence-electron chi connectivity index (χ4n) is 3.22. The van der Waals surface area contributed by atoms with Crippen molar-refractivity contribution in [3.63, 3.8) is 0 Å². The van der Waals surface area contributed by atoms with E-state index in [-0.39, 0.29) is 23.7 Å². The molecule has 1 atom stereocenters. The number of hydrogen-bond acceptors (Lipinski definition) is 5. The maximum absolute atomic E-state index is 13.1. The average molecular weight is 458 g/mol. The minimum absolute atomic E-state index is 0.0269. The summed E-state index contributed by atoms with van der Waals surface area (Å²) in [6.07, 6.45) is 0. The Morgan fingerprint density at radius 3 is 2.26 bits per heavy atom. The minimum atomic E-state index is 0.0269. The lowest BCUT2D eigenvalue weighted by atomic mass is 10.2. The Morgan fingerprint density at radius 2 is 1.68 bits per heavy atom. The summed E-state index contributed by atoms with van der Waals surface area (Å²) in [5.74, 6) is 1.10. The molecule has 1 heterocycles. The number of aromatic nitrogens is 3. The molecule has 3 aromatic rings. The molecule has 0 aliphatic rings. The Labute approximate surface area is 193 Å². The molecule has 0 N–H and O–H groups in total. The molecule has 0 fully saturated rings. The van der Waals surface area contributed by atoms with Crippen LogP contribution in [0.25, 0.3) is 5.69 Å². The fourth-order valence-corrected chi connectivity index (χ4v) is 4.17. The van der Waals surface area contributed by atoms with Crippen LogP contribution < -0.4 is 4.90 Å². The first-order valence-corrected chi connectivity index (χ1v) is 11.5. The van der Waals surface area contributed by atoms with Crippen molar-refractivity contribution in [1.82, 2.24) is 19.7 Å². The fraction of sp³-hybridized carbons (Fsp3) is 0.348. The van der Waals surface area contributed by atoms with Gasteiger partial charge >= 0.3 is 0 Å². The number of thioether (sulfide) groups is 1. The number of carbonyl (C=O) groups is 1. The Hall–Kier alpha value is -2.35. The number of hydrogen-bond donors (Lipinski definition) is 0. The van der Waals surface area contributed by atoms with E-state index >= 15 is 0 Å². The summed E-state index contributed by atoms with van der Waals surface area (Å²) < 4.78 is 2.00. The lowest BCUT2D eigenvalue weighted by Gasteiger charge is -2.26. The number of para-hydroxylation sites is 1. The van der Waals surface area contributed by atoms with Gasteiger partial charge in [-0.15, -0.1) is 10.2 Å². The maximum Gasteiger partial charge on any atom is 0.237 e. The number of anilines is 1. The molecule has 0 bridgehead atoms. The number of carbonyl (C=O) groups excluding carboxylic acids is 1. The number of amides is 1. The zero-order valence-corrected chi connectivity index (χ0v) is 20.1. The molecule has 3 rings (SSSR count). The zero-order chi connectivity index (χ0) is 22.5. The molecule has 1 aromatic heterocycles. The molecule has 8 heteroatoms. The average Bonchev–Trinajstić information content (AvgIpc) is 3.16. The van der Waals surface area contributed by atoms with Gasteiger partial charge in [0.15, 0.2) is 11.0 Å². The van der Waals surface area contributed by atoms with Gasteiger partial charge in [0.1, 0.15) is 0 Å². The van der Waals surface area contributed by atoms with Gasteiger partial charge < -0.3 is 4.90 Å². The SMILES string of the molecule is CC(C)N(C(=O)CSc1nnc([C@@H](C)N(C)C)n1-c1ccc(Cl)cc1)c1ccccc1. The monoisotopic (exact) mass is 457 g/mol. The molecule has 0 radical (unpaired) electrons. The van der Waals surface area contributed by atoms with Crippen LogP contribution in [0, 0.1) is 0 Å². The molecule has 0 saturated carbocycles. The Balaban J connectivity index is 1.89. The van der Waals surface area contributed by atoms with Crippen molar-refractivity contribution in [2.24, 2.45) is 0 Å². The zero-order valence-electron chi connectivity index (χ0n) is 18.5. The van der Waals surface area contributed by atoms with Crippen LogP contribution in [0.5, 0.6) is 0 Å². The first-order chi connectivity index (χ1) is 14.8. The van der Waals surface area contributed by atoms with Gasteiger partial charge in [0.2, 0.25) is 5.91 Å². The highest BCUT2D eigenvalue weighted by Gasteiger charge is 2.24. The van der Waals surface area contributed by atoms with Gasteiger partial charge in [-0.25, -0.2) is 0 Å². The van der Waals surface area contributed by atoms with E-state index in [0.29, 0.717) is 10.2 Å². The Morgan fingerprint density at radius 1 is 1.03 bits per heavy atom. The second-order valence-corrected chi connectivity index (χ2v) is 9.15. The van der Waals surface area contributed by atoms with Crippen molar-refractivity contribution in [3.05, 3.63) is 65.4 Å². The quantitative estimate of drug-likeness (QED) is 0.441. The Kier molecular flexibility index (Phi) is 7.75. The van der Waals surface area contributed by atoms with Crippen LogP contribution in [-0.2, 0) is 4.79 Å². The van der Waals surface area contributed by atoms with E-state index in [2.05, 4.69) is 22.0 Å². The maximum atomic E-state index is 13.1. The third kappa shape index (κ3) is 5.47. The van der Waals surface area contributed by atoms with E-state index in [4.69, 9.17) is 11.6 Å². The molecule has 6 nitrogen and oxygen atoms in total. The molecule has 31 heavy (non-hydrogen) atoms. The van der Waals surface area contributed by atoms with Crippen LogP contribution in [0.15, 0.2) is 59.8 Å². The summed E-state index contributed by atoms with van der Waals surface area (Å²) >= 11 is 7.48. The Bertz CT molecular complexity index is 1000. The molecule has 0 spiro atoms. The van der Waals surface area contributed by atoms with Crippen molar-refractivity contribution in [2.45, 2.75) is 38.0 Å². The predicted molar refractivity (Wildman–Crippen MR) is 128 cm³/mol. The van der Waals surface area contributed by atoms with Crippen molar-refractivity contribution >= 4 is 35.0 Å². The van der Waals surface area contributed by atoms with E-state index in [1.54, 1.807) is 0 Å². The van der Waals surface area contributed by atoms with Gasteiger partial charge in [-0.2, -0.15) is 0 Å². The lowest BCUT2D eigenvalue weighted by molar-refractivity contribution is -0.116. The van der Waals surface area contributed by atoms with Crippen molar-refractivity contribution in [1.29, 1.82) is 0 Å². The molecular weight excluding hydrogens is 430 g/mol. The first-order valence-electron chi connectivity index (χ1n) is 10.2. The van der Waals surface area contributed by atoms with Gasteiger partial charge in [-0.1, -0.05) is 41.6 Å². The molecular formula is C23H28ClN5OS. The van der Waals surface area contributed by atoms with Gasteiger partial charge in [-0.05, 0) is 71.3 Å². The summed E-state index contributed by atoms with van der Waals surface area (Å²) in [4.78, 5) is 17.0. The van der Waals surface area contributed by atoms with Gasteiger partial charge in [0.25, 0.3) is 0 Å². The smallest absolute Gasteiger partial charge is 0.237 e. The molecule has 1 amide bonds. The van der Waals surface area contributed by atoms with Crippen molar-refractivity contribution in [3.8, 4) is 5.69 Å². The standard InChI is InChI=1S/C23H28ClN5OS/c1-16(2)28(19-9-7-6-8-10-19)21(30)15-31-23-26-25-22(17(3)27(4)5)29(23)20-13-11-18(24)12-14-20/h6-14,16-17H,15H2,1-5H3/t17-/m1/s1. The number of nitrogens with zero attached hydrogens (tertiary/aromatic N) is 5. The number of rotatable bonds is 8. The van der Waals surface area contributed by atoms with E-state index in [1.807, 2.05) is 92.0 Å². The van der Waals surface area contributed by atoms with Crippen LogP contribution in [0.1, 0.15) is 32.6 Å². The van der Waals surface area contributed by atoms with E-state index in [9.17, 15) is 4.79 Å². The highest BCUT2D eigenvalue weighted by molar-refractivity contribution is 7.99. The summed E-state index contributed by atoms with van der Waals surface area (Å²) in [6.45, 7) is 6.11. The number of halogens is 1. The largest absolute Gasteiger partial charge is 0.309 e.